The van der Waals surface area contributed by atoms with E-state index in [4.69, 9.17) is 4.74 Å². The molecule has 6 nitrogen and oxygen atoms in total. The highest BCUT2D eigenvalue weighted by Gasteiger charge is 2.37. The average Bonchev–Trinajstić information content (AvgIpc) is 3.34. The summed E-state index contributed by atoms with van der Waals surface area (Å²) in [5.74, 6) is -1.29. The van der Waals surface area contributed by atoms with Crippen molar-refractivity contribution in [3.8, 4) is 0 Å². The number of cyclic esters (lactones) is 2. The Kier molecular flexibility index (Phi) is 3.89. The van der Waals surface area contributed by atoms with E-state index < -0.39 is 11.9 Å². The zero-order valence-electron chi connectivity index (χ0n) is 15.8. The second kappa shape index (κ2) is 6.46. The van der Waals surface area contributed by atoms with Gasteiger partial charge in [-0.2, -0.15) is 0 Å². The third-order valence-electron chi connectivity index (χ3n) is 5.41. The Morgan fingerprint density at radius 3 is 2.03 bits per heavy atom. The van der Waals surface area contributed by atoms with Crippen LogP contribution in [0.1, 0.15) is 11.1 Å². The maximum absolute atomic E-state index is 12.8. The number of carbonyl (C=O) groups excluding carboxylic acids is 2. The number of rotatable bonds is 4. The van der Waals surface area contributed by atoms with Gasteiger partial charge in [-0.15, -0.1) is 0 Å². The number of esters is 2. The quantitative estimate of drug-likeness (QED) is 0.432. The number of aromatic nitrogens is 2. The molecule has 144 valence electrons. The zero-order valence-corrected chi connectivity index (χ0v) is 15.8. The SMILES string of the molecule is Cn1cc(C2=C(c3cn(CCO)c4ccccc34)C(=O)OC2=O)c2ccccc21. The summed E-state index contributed by atoms with van der Waals surface area (Å²) in [5.41, 5.74) is 3.69. The Labute approximate surface area is 166 Å². The molecule has 29 heavy (non-hydrogen) atoms. The topological polar surface area (TPSA) is 73.5 Å². The first-order chi connectivity index (χ1) is 14.1. The van der Waals surface area contributed by atoms with Crippen LogP contribution in [0.2, 0.25) is 0 Å². The summed E-state index contributed by atoms with van der Waals surface area (Å²) < 4.78 is 8.87. The number of fused-ring (bicyclic) bond motifs is 2. The summed E-state index contributed by atoms with van der Waals surface area (Å²) in [6, 6.07) is 15.3. The molecule has 2 aromatic carbocycles. The Bertz CT molecular complexity index is 1340. The predicted molar refractivity (Wildman–Crippen MR) is 110 cm³/mol. The molecule has 3 heterocycles. The minimum atomic E-state index is -0.648. The number of ether oxygens (including phenoxy) is 1. The number of aryl methyl sites for hydroxylation is 1. The molecule has 0 unspecified atom stereocenters. The van der Waals surface area contributed by atoms with Crippen LogP contribution < -0.4 is 0 Å². The molecule has 1 aliphatic heterocycles. The van der Waals surface area contributed by atoms with Crippen molar-refractivity contribution < 1.29 is 19.4 Å². The highest BCUT2D eigenvalue weighted by atomic mass is 16.6. The van der Waals surface area contributed by atoms with E-state index in [1.807, 2.05) is 70.9 Å². The van der Waals surface area contributed by atoms with Gasteiger partial charge in [0.05, 0.1) is 17.8 Å². The van der Waals surface area contributed by atoms with Crippen molar-refractivity contribution in [1.82, 2.24) is 9.13 Å². The van der Waals surface area contributed by atoms with Crippen LogP contribution in [0, 0.1) is 0 Å². The van der Waals surface area contributed by atoms with E-state index in [-0.39, 0.29) is 17.8 Å². The molecule has 0 atom stereocenters. The van der Waals surface area contributed by atoms with Gasteiger partial charge in [-0.1, -0.05) is 36.4 Å². The summed E-state index contributed by atoms with van der Waals surface area (Å²) in [4.78, 5) is 25.5. The van der Waals surface area contributed by atoms with Gasteiger partial charge in [-0.25, -0.2) is 9.59 Å². The minimum absolute atomic E-state index is 0.0310. The summed E-state index contributed by atoms with van der Waals surface area (Å²) in [6.07, 6.45) is 3.66. The summed E-state index contributed by atoms with van der Waals surface area (Å²) in [7, 11) is 1.90. The maximum Gasteiger partial charge on any atom is 0.347 e. The highest BCUT2D eigenvalue weighted by Crippen LogP contribution is 2.40. The number of para-hydroxylation sites is 2. The number of carbonyl (C=O) groups is 2. The highest BCUT2D eigenvalue weighted by molar-refractivity contribution is 6.46. The molecule has 0 radical (unpaired) electrons. The first kappa shape index (κ1) is 17.5. The van der Waals surface area contributed by atoms with Crippen molar-refractivity contribution in [2.24, 2.45) is 7.05 Å². The summed E-state index contributed by atoms with van der Waals surface area (Å²) >= 11 is 0. The van der Waals surface area contributed by atoms with Crippen LogP contribution in [0.15, 0.2) is 60.9 Å². The lowest BCUT2D eigenvalue weighted by molar-refractivity contribution is -0.149. The molecule has 0 fully saturated rings. The average molecular weight is 386 g/mol. The molecule has 0 spiro atoms. The first-order valence-electron chi connectivity index (χ1n) is 9.34. The molecule has 4 aromatic rings. The Morgan fingerprint density at radius 1 is 0.828 bits per heavy atom. The number of hydrogen-bond acceptors (Lipinski definition) is 4. The lowest BCUT2D eigenvalue weighted by atomic mass is 9.95. The van der Waals surface area contributed by atoms with Crippen LogP contribution in [-0.2, 0) is 27.9 Å². The Balaban J connectivity index is 1.85. The normalized spacial score (nSPS) is 14.4. The van der Waals surface area contributed by atoms with E-state index in [1.54, 1.807) is 6.20 Å². The Hall–Kier alpha value is -3.64. The number of aliphatic hydroxyl groups is 1. The second-order valence-corrected chi connectivity index (χ2v) is 7.07. The van der Waals surface area contributed by atoms with Crippen molar-refractivity contribution in [3.05, 3.63) is 72.1 Å². The lowest BCUT2D eigenvalue weighted by Crippen LogP contribution is -2.02. The third kappa shape index (κ3) is 2.53. The van der Waals surface area contributed by atoms with Crippen molar-refractivity contribution in [1.29, 1.82) is 0 Å². The van der Waals surface area contributed by atoms with Gasteiger partial charge in [0.25, 0.3) is 0 Å². The van der Waals surface area contributed by atoms with E-state index in [2.05, 4.69) is 0 Å². The van der Waals surface area contributed by atoms with Crippen LogP contribution in [0.3, 0.4) is 0 Å². The lowest BCUT2D eigenvalue weighted by Gasteiger charge is -2.01. The fourth-order valence-electron chi connectivity index (χ4n) is 4.16. The van der Waals surface area contributed by atoms with E-state index in [1.165, 1.54) is 0 Å². The van der Waals surface area contributed by atoms with Crippen LogP contribution in [0.25, 0.3) is 33.0 Å². The van der Waals surface area contributed by atoms with Gasteiger partial charge in [0.2, 0.25) is 0 Å². The monoisotopic (exact) mass is 386 g/mol. The van der Waals surface area contributed by atoms with Gasteiger partial charge in [-0.05, 0) is 12.1 Å². The molecular formula is C23H18N2O4. The molecule has 5 rings (SSSR count). The van der Waals surface area contributed by atoms with Gasteiger partial charge < -0.3 is 19.0 Å². The molecule has 1 aliphatic rings. The third-order valence-corrected chi connectivity index (χ3v) is 5.41. The number of aliphatic hydroxyl groups excluding tert-OH is 1. The molecule has 2 aromatic heterocycles. The first-order valence-corrected chi connectivity index (χ1v) is 9.34. The number of nitrogens with zero attached hydrogens (tertiary/aromatic N) is 2. The Morgan fingerprint density at radius 2 is 1.38 bits per heavy atom. The fourth-order valence-corrected chi connectivity index (χ4v) is 4.16. The van der Waals surface area contributed by atoms with Gasteiger partial charge >= 0.3 is 11.9 Å². The van der Waals surface area contributed by atoms with Gasteiger partial charge in [0, 0.05) is 58.9 Å². The van der Waals surface area contributed by atoms with Crippen LogP contribution in [0.4, 0.5) is 0 Å². The van der Waals surface area contributed by atoms with E-state index >= 15 is 0 Å². The summed E-state index contributed by atoms with van der Waals surface area (Å²) in [6.45, 7) is 0.358. The fraction of sp³-hybridized carbons (Fsp3) is 0.130. The minimum Gasteiger partial charge on any atom is -0.395 e. The second-order valence-electron chi connectivity index (χ2n) is 7.07. The van der Waals surface area contributed by atoms with E-state index in [0.29, 0.717) is 17.7 Å². The predicted octanol–water partition coefficient (Wildman–Crippen LogP) is 3.12. The van der Waals surface area contributed by atoms with Gasteiger partial charge in [0.1, 0.15) is 0 Å². The van der Waals surface area contributed by atoms with Crippen molar-refractivity contribution in [3.63, 3.8) is 0 Å². The van der Waals surface area contributed by atoms with E-state index in [0.717, 1.165) is 21.8 Å². The van der Waals surface area contributed by atoms with Gasteiger partial charge in [0.15, 0.2) is 0 Å². The summed E-state index contributed by atoms with van der Waals surface area (Å²) in [5, 5.41) is 11.1. The molecule has 0 aliphatic carbocycles. The smallest absolute Gasteiger partial charge is 0.347 e. The van der Waals surface area contributed by atoms with E-state index in [9.17, 15) is 14.7 Å². The van der Waals surface area contributed by atoms with Crippen LogP contribution >= 0.6 is 0 Å². The molecule has 1 N–H and O–H groups in total. The molecule has 6 heteroatoms. The van der Waals surface area contributed by atoms with Crippen molar-refractivity contribution in [2.75, 3.05) is 6.61 Å². The number of benzene rings is 2. The van der Waals surface area contributed by atoms with Gasteiger partial charge in [-0.3, -0.25) is 0 Å². The zero-order chi connectivity index (χ0) is 20.1. The van der Waals surface area contributed by atoms with Crippen LogP contribution in [-0.4, -0.2) is 32.8 Å². The van der Waals surface area contributed by atoms with Crippen LogP contribution in [0.5, 0.6) is 0 Å². The van der Waals surface area contributed by atoms with Crippen molar-refractivity contribution in [2.45, 2.75) is 6.54 Å². The van der Waals surface area contributed by atoms with Crippen molar-refractivity contribution >= 4 is 44.9 Å². The molecule has 0 amide bonds. The number of hydrogen-bond donors (Lipinski definition) is 1. The molecule has 0 saturated carbocycles. The molecule has 0 saturated heterocycles. The standard InChI is InChI=1S/C23H18N2O4/c1-24-12-16(14-6-2-4-8-18(14)24)20-21(23(28)29-22(20)27)17-13-25(10-11-26)19-9-5-3-7-15(17)19/h2-9,12-13,26H,10-11H2,1H3. The molecule has 0 bridgehead atoms. The molecular weight excluding hydrogens is 368 g/mol. The largest absolute Gasteiger partial charge is 0.395 e. The maximum atomic E-state index is 12.8.